The average molecular weight is 224 g/mol. The van der Waals surface area contributed by atoms with Gasteiger partial charge in [-0.25, -0.2) is 0 Å². The third-order valence-corrected chi connectivity index (χ3v) is 2.90. The van der Waals surface area contributed by atoms with Crippen molar-refractivity contribution in [3.05, 3.63) is 22.8 Å². The van der Waals surface area contributed by atoms with Gasteiger partial charge in [0.15, 0.2) is 11.5 Å². The zero-order chi connectivity index (χ0) is 12.1. The third-order valence-electron chi connectivity index (χ3n) is 2.90. The minimum Gasteiger partial charge on any atom is -0.493 e. The van der Waals surface area contributed by atoms with Crippen molar-refractivity contribution in [3.8, 4) is 11.5 Å². The van der Waals surface area contributed by atoms with Crippen LogP contribution < -0.4 is 9.47 Å². The molecule has 0 saturated carbocycles. The fourth-order valence-corrected chi connectivity index (χ4v) is 1.86. The van der Waals surface area contributed by atoms with E-state index in [1.807, 2.05) is 6.07 Å². The van der Waals surface area contributed by atoms with Crippen molar-refractivity contribution >= 4 is 0 Å². The summed E-state index contributed by atoms with van der Waals surface area (Å²) in [5.74, 6) is 1.55. The lowest BCUT2D eigenvalue weighted by Gasteiger charge is -2.17. The van der Waals surface area contributed by atoms with Gasteiger partial charge >= 0.3 is 0 Å². The minimum absolute atomic E-state index is 0.193. The summed E-state index contributed by atoms with van der Waals surface area (Å²) in [4.78, 5) is 0. The molecular weight excluding hydrogens is 204 g/mol. The molecule has 3 nitrogen and oxygen atoms in total. The van der Waals surface area contributed by atoms with Gasteiger partial charge in [-0.05, 0) is 43.9 Å². The maximum absolute atomic E-state index is 8.91. The Balaban J connectivity index is 3.23. The Labute approximate surface area is 97.0 Å². The molecule has 90 valence electrons. The van der Waals surface area contributed by atoms with Gasteiger partial charge in [-0.15, -0.1) is 0 Å². The van der Waals surface area contributed by atoms with Gasteiger partial charge in [-0.2, -0.15) is 0 Å². The van der Waals surface area contributed by atoms with Crippen molar-refractivity contribution in [3.63, 3.8) is 0 Å². The summed E-state index contributed by atoms with van der Waals surface area (Å²) < 4.78 is 10.7. The lowest BCUT2D eigenvalue weighted by molar-refractivity contribution is 0.287. The topological polar surface area (TPSA) is 38.7 Å². The van der Waals surface area contributed by atoms with E-state index in [0.29, 0.717) is 0 Å². The first-order chi connectivity index (χ1) is 7.65. The molecule has 0 fully saturated rings. The molecular formula is C13H20O3. The van der Waals surface area contributed by atoms with Gasteiger partial charge < -0.3 is 14.6 Å². The smallest absolute Gasteiger partial charge is 0.164 e. The zero-order valence-corrected chi connectivity index (χ0v) is 10.5. The molecule has 3 heteroatoms. The molecule has 0 spiro atoms. The number of benzene rings is 1. The van der Waals surface area contributed by atoms with E-state index in [-0.39, 0.29) is 6.61 Å². The van der Waals surface area contributed by atoms with Gasteiger partial charge in [-0.3, -0.25) is 0 Å². The predicted molar refractivity (Wildman–Crippen MR) is 64.4 cm³/mol. The number of hydrogen-bond donors (Lipinski definition) is 1. The van der Waals surface area contributed by atoms with E-state index in [9.17, 15) is 0 Å². The van der Waals surface area contributed by atoms with Gasteiger partial charge in [0.05, 0.1) is 14.2 Å². The average Bonchev–Trinajstić information content (AvgIpc) is 2.30. The van der Waals surface area contributed by atoms with Crippen molar-refractivity contribution < 1.29 is 14.6 Å². The summed E-state index contributed by atoms with van der Waals surface area (Å²) in [5, 5.41) is 8.91. The quantitative estimate of drug-likeness (QED) is 0.833. The Bertz CT molecular complexity index is 359. The Morgan fingerprint density at radius 2 is 1.88 bits per heavy atom. The van der Waals surface area contributed by atoms with E-state index >= 15 is 0 Å². The standard InChI is InChI=1S/C13H20O3/c1-9-8-12(15-3)13(16-4)11(10(9)2)6-5-7-14/h8,14H,5-7H2,1-4H3. The monoisotopic (exact) mass is 224 g/mol. The van der Waals surface area contributed by atoms with Gasteiger partial charge in [0, 0.05) is 12.2 Å². The highest BCUT2D eigenvalue weighted by molar-refractivity contribution is 5.53. The summed E-state index contributed by atoms with van der Waals surface area (Å²) in [5.41, 5.74) is 3.53. The van der Waals surface area contributed by atoms with Crippen LogP contribution in [0.3, 0.4) is 0 Å². The van der Waals surface area contributed by atoms with Crippen molar-refractivity contribution in [1.29, 1.82) is 0 Å². The highest BCUT2D eigenvalue weighted by Gasteiger charge is 2.14. The first-order valence-electron chi connectivity index (χ1n) is 5.47. The van der Waals surface area contributed by atoms with Crippen molar-refractivity contribution in [2.75, 3.05) is 20.8 Å². The Hall–Kier alpha value is -1.22. The number of hydrogen-bond acceptors (Lipinski definition) is 3. The number of aryl methyl sites for hydroxylation is 1. The number of aliphatic hydroxyl groups is 1. The minimum atomic E-state index is 0.193. The van der Waals surface area contributed by atoms with Crippen LogP contribution in [0, 0.1) is 13.8 Å². The van der Waals surface area contributed by atoms with E-state index in [2.05, 4.69) is 13.8 Å². The molecule has 0 saturated heterocycles. The van der Waals surface area contributed by atoms with Crippen LogP contribution in [0.4, 0.5) is 0 Å². The largest absolute Gasteiger partial charge is 0.493 e. The van der Waals surface area contributed by atoms with E-state index in [4.69, 9.17) is 14.6 Å². The zero-order valence-electron chi connectivity index (χ0n) is 10.5. The van der Waals surface area contributed by atoms with Crippen LogP contribution in [0.2, 0.25) is 0 Å². The second-order valence-electron chi connectivity index (χ2n) is 3.86. The number of rotatable bonds is 5. The second kappa shape index (κ2) is 5.75. The molecule has 0 bridgehead atoms. The summed E-state index contributed by atoms with van der Waals surface area (Å²) in [6.45, 7) is 4.32. The van der Waals surface area contributed by atoms with Gasteiger partial charge in [0.1, 0.15) is 0 Å². The van der Waals surface area contributed by atoms with Gasteiger partial charge in [0.25, 0.3) is 0 Å². The third kappa shape index (κ3) is 2.47. The number of aliphatic hydroxyl groups excluding tert-OH is 1. The molecule has 0 unspecified atom stereocenters. The number of methoxy groups -OCH3 is 2. The molecule has 1 aromatic rings. The Kier molecular flexibility index (Phi) is 4.62. The van der Waals surface area contributed by atoms with Crippen LogP contribution in [0.5, 0.6) is 11.5 Å². The predicted octanol–water partition coefficient (Wildman–Crippen LogP) is 2.25. The van der Waals surface area contributed by atoms with E-state index in [1.54, 1.807) is 14.2 Å². The molecule has 0 aliphatic rings. The van der Waals surface area contributed by atoms with Crippen LogP contribution in [0.1, 0.15) is 23.1 Å². The van der Waals surface area contributed by atoms with Gasteiger partial charge in [-0.1, -0.05) is 0 Å². The van der Waals surface area contributed by atoms with Crippen LogP contribution in [0.25, 0.3) is 0 Å². The molecule has 0 aliphatic carbocycles. The molecule has 1 aromatic carbocycles. The molecule has 0 radical (unpaired) electrons. The van der Waals surface area contributed by atoms with Crippen LogP contribution in [0.15, 0.2) is 6.07 Å². The van der Waals surface area contributed by atoms with E-state index in [1.165, 1.54) is 11.1 Å². The summed E-state index contributed by atoms with van der Waals surface area (Å²) in [7, 11) is 3.29. The van der Waals surface area contributed by atoms with E-state index in [0.717, 1.165) is 29.9 Å². The van der Waals surface area contributed by atoms with E-state index < -0.39 is 0 Å². The highest BCUT2D eigenvalue weighted by Crippen LogP contribution is 2.36. The molecule has 0 aliphatic heterocycles. The highest BCUT2D eigenvalue weighted by atomic mass is 16.5. The molecule has 16 heavy (non-hydrogen) atoms. The van der Waals surface area contributed by atoms with Gasteiger partial charge in [0.2, 0.25) is 0 Å². The molecule has 0 amide bonds. The fourth-order valence-electron chi connectivity index (χ4n) is 1.86. The molecule has 1 rings (SSSR count). The Morgan fingerprint density at radius 3 is 2.38 bits per heavy atom. The second-order valence-corrected chi connectivity index (χ2v) is 3.86. The first-order valence-corrected chi connectivity index (χ1v) is 5.47. The maximum Gasteiger partial charge on any atom is 0.164 e. The lowest BCUT2D eigenvalue weighted by Crippen LogP contribution is -2.02. The summed E-state index contributed by atoms with van der Waals surface area (Å²) >= 11 is 0. The summed E-state index contributed by atoms with van der Waals surface area (Å²) in [6, 6.07) is 1.98. The molecule has 0 aromatic heterocycles. The lowest BCUT2D eigenvalue weighted by atomic mass is 9.98. The summed E-state index contributed by atoms with van der Waals surface area (Å²) in [6.07, 6.45) is 1.55. The maximum atomic E-state index is 8.91. The normalized spacial score (nSPS) is 10.3. The first kappa shape index (κ1) is 12.8. The SMILES string of the molecule is COc1cc(C)c(C)c(CCCO)c1OC. The fraction of sp³-hybridized carbons (Fsp3) is 0.538. The Morgan fingerprint density at radius 1 is 1.19 bits per heavy atom. The number of ether oxygens (including phenoxy) is 2. The molecule has 1 N–H and O–H groups in total. The van der Waals surface area contributed by atoms with Crippen molar-refractivity contribution in [1.82, 2.24) is 0 Å². The van der Waals surface area contributed by atoms with Crippen LogP contribution in [-0.2, 0) is 6.42 Å². The van der Waals surface area contributed by atoms with Crippen LogP contribution >= 0.6 is 0 Å². The molecule has 0 heterocycles. The molecule has 0 atom stereocenters. The van der Waals surface area contributed by atoms with Crippen LogP contribution in [-0.4, -0.2) is 25.9 Å². The van der Waals surface area contributed by atoms with Crippen molar-refractivity contribution in [2.45, 2.75) is 26.7 Å². The van der Waals surface area contributed by atoms with Crippen molar-refractivity contribution in [2.24, 2.45) is 0 Å².